The van der Waals surface area contributed by atoms with E-state index in [-0.39, 0.29) is 0 Å². The summed E-state index contributed by atoms with van der Waals surface area (Å²) in [5.74, 6) is 0.568. The summed E-state index contributed by atoms with van der Waals surface area (Å²) in [5, 5.41) is 0. The summed E-state index contributed by atoms with van der Waals surface area (Å²) in [4.78, 5) is 0. The van der Waals surface area contributed by atoms with Crippen LogP contribution in [-0.2, 0) is 0 Å². The molecule has 1 aliphatic carbocycles. The third-order valence-corrected chi connectivity index (χ3v) is 2.32. The van der Waals surface area contributed by atoms with Gasteiger partial charge in [0.15, 0.2) is 0 Å². The lowest BCUT2D eigenvalue weighted by Crippen LogP contribution is -1.89. The molecule has 0 aliphatic heterocycles. The second-order valence-corrected chi connectivity index (χ2v) is 3.12. The zero-order valence-corrected chi connectivity index (χ0v) is 7.03. The minimum atomic E-state index is 0.568. The molecule has 1 aromatic rings. The number of hydrogen-bond acceptors (Lipinski definition) is 0. The number of allylic oxidation sites excluding steroid dienone is 2. The molecule has 1 aromatic carbocycles. The normalized spacial score (nSPS) is 19.2. The van der Waals surface area contributed by atoms with Crippen LogP contribution in [-0.4, -0.2) is 0 Å². The van der Waals surface area contributed by atoms with E-state index in [1.54, 1.807) is 0 Å². The summed E-state index contributed by atoms with van der Waals surface area (Å²) in [6.45, 7) is 3.76. The third kappa shape index (κ3) is 1.10. The molecule has 0 bridgehead atoms. The summed E-state index contributed by atoms with van der Waals surface area (Å²) in [7, 11) is 0. The van der Waals surface area contributed by atoms with Gasteiger partial charge in [-0.2, -0.15) is 0 Å². The maximum absolute atomic E-state index is 3.76. The van der Waals surface area contributed by atoms with Gasteiger partial charge in [0.2, 0.25) is 0 Å². The predicted molar refractivity (Wildman–Crippen MR) is 53.0 cm³/mol. The van der Waals surface area contributed by atoms with E-state index in [2.05, 4.69) is 43.0 Å². The van der Waals surface area contributed by atoms with E-state index in [1.807, 2.05) is 6.08 Å². The highest BCUT2D eigenvalue weighted by Crippen LogP contribution is 2.31. The van der Waals surface area contributed by atoms with Gasteiger partial charge in [-0.1, -0.05) is 42.5 Å². The first-order chi connectivity index (χ1) is 5.92. The van der Waals surface area contributed by atoms with Gasteiger partial charge in [-0.25, -0.2) is 0 Å². The standard InChI is InChI=1S/C12H12/c1-2-5-10-8-9-11-6-3-4-7-12(10)11/h2-4,6-10H,1,5H2. The average molecular weight is 156 g/mol. The van der Waals surface area contributed by atoms with Crippen LogP contribution in [0.2, 0.25) is 0 Å². The molecule has 60 valence electrons. The molecular formula is C12H12. The third-order valence-electron chi connectivity index (χ3n) is 2.32. The molecule has 0 aromatic heterocycles. The molecule has 0 heterocycles. The Morgan fingerprint density at radius 3 is 3.00 bits per heavy atom. The second-order valence-electron chi connectivity index (χ2n) is 3.12. The van der Waals surface area contributed by atoms with E-state index in [4.69, 9.17) is 0 Å². The Morgan fingerprint density at radius 1 is 1.33 bits per heavy atom. The average Bonchev–Trinajstić information content (AvgIpc) is 2.50. The SMILES string of the molecule is C=CCC1C=Cc2ccccc21. The maximum atomic E-state index is 3.76. The van der Waals surface area contributed by atoms with Crippen molar-refractivity contribution >= 4 is 6.08 Å². The smallest absolute Gasteiger partial charge is 0.00616 e. The van der Waals surface area contributed by atoms with Gasteiger partial charge in [0.1, 0.15) is 0 Å². The van der Waals surface area contributed by atoms with Crippen LogP contribution in [0.25, 0.3) is 6.08 Å². The molecular weight excluding hydrogens is 144 g/mol. The lowest BCUT2D eigenvalue weighted by atomic mass is 9.98. The highest BCUT2D eigenvalue weighted by molar-refractivity contribution is 5.62. The summed E-state index contributed by atoms with van der Waals surface area (Å²) in [6, 6.07) is 8.54. The van der Waals surface area contributed by atoms with Crippen LogP contribution in [0.5, 0.6) is 0 Å². The van der Waals surface area contributed by atoms with E-state index >= 15 is 0 Å². The van der Waals surface area contributed by atoms with Gasteiger partial charge >= 0.3 is 0 Å². The van der Waals surface area contributed by atoms with Gasteiger partial charge in [0, 0.05) is 5.92 Å². The van der Waals surface area contributed by atoms with Gasteiger partial charge < -0.3 is 0 Å². The minimum Gasteiger partial charge on any atom is -0.103 e. The van der Waals surface area contributed by atoms with Crippen LogP contribution in [0.15, 0.2) is 43.0 Å². The first-order valence-corrected chi connectivity index (χ1v) is 4.30. The first kappa shape index (κ1) is 7.35. The summed E-state index contributed by atoms with van der Waals surface area (Å²) in [6.07, 6.45) is 7.49. The molecule has 2 rings (SSSR count). The summed E-state index contributed by atoms with van der Waals surface area (Å²) >= 11 is 0. The van der Waals surface area contributed by atoms with E-state index in [0.717, 1.165) is 6.42 Å². The largest absolute Gasteiger partial charge is 0.103 e. The molecule has 0 amide bonds. The molecule has 1 aliphatic rings. The molecule has 0 saturated carbocycles. The number of fused-ring (bicyclic) bond motifs is 1. The van der Waals surface area contributed by atoms with Crippen molar-refractivity contribution < 1.29 is 0 Å². The van der Waals surface area contributed by atoms with Gasteiger partial charge in [-0.15, -0.1) is 6.58 Å². The van der Waals surface area contributed by atoms with Crippen molar-refractivity contribution in [2.45, 2.75) is 12.3 Å². The zero-order valence-electron chi connectivity index (χ0n) is 7.03. The van der Waals surface area contributed by atoms with Crippen LogP contribution >= 0.6 is 0 Å². The highest BCUT2D eigenvalue weighted by Gasteiger charge is 2.13. The predicted octanol–water partition coefficient (Wildman–Crippen LogP) is 3.37. The van der Waals surface area contributed by atoms with Crippen molar-refractivity contribution in [1.82, 2.24) is 0 Å². The van der Waals surface area contributed by atoms with Gasteiger partial charge in [-0.3, -0.25) is 0 Å². The Kier molecular flexibility index (Phi) is 1.83. The van der Waals surface area contributed by atoms with E-state index in [9.17, 15) is 0 Å². The zero-order chi connectivity index (χ0) is 8.39. The molecule has 0 fully saturated rings. The lowest BCUT2D eigenvalue weighted by Gasteiger charge is -2.06. The molecule has 12 heavy (non-hydrogen) atoms. The van der Waals surface area contributed by atoms with Crippen LogP contribution < -0.4 is 0 Å². The summed E-state index contributed by atoms with van der Waals surface area (Å²) < 4.78 is 0. The van der Waals surface area contributed by atoms with Gasteiger partial charge in [-0.05, 0) is 17.5 Å². The fourth-order valence-electron chi connectivity index (χ4n) is 1.71. The highest BCUT2D eigenvalue weighted by atomic mass is 14.2. The molecule has 0 saturated heterocycles. The number of hydrogen-bond donors (Lipinski definition) is 0. The van der Waals surface area contributed by atoms with Crippen LogP contribution in [0.4, 0.5) is 0 Å². The van der Waals surface area contributed by atoms with Crippen LogP contribution in [0, 0.1) is 0 Å². The Morgan fingerprint density at radius 2 is 2.17 bits per heavy atom. The van der Waals surface area contributed by atoms with Crippen molar-refractivity contribution in [2.24, 2.45) is 0 Å². The van der Waals surface area contributed by atoms with Gasteiger partial charge in [0.25, 0.3) is 0 Å². The number of benzene rings is 1. The fraction of sp³-hybridized carbons (Fsp3) is 0.167. The summed E-state index contributed by atoms with van der Waals surface area (Å²) in [5.41, 5.74) is 2.81. The van der Waals surface area contributed by atoms with Crippen molar-refractivity contribution in [2.75, 3.05) is 0 Å². The van der Waals surface area contributed by atoms with Crippen molar-refractivity contribution in [3.63, 3.8) is 0 Å². The maximum Gasteiger partial charge on any atom is 0.00616 e. The lowest BCUT2D eigenvalue weighted by molar-refractivity contribution is 0.881. The van der Waals surface area contributed by atoms with Crippen molar-refractivity contribution in [3.8, 4) is 0 Å². The number of rotatable bonds is 2. The van der Waals surface area contributed by atoms with Crippen molar-refractivity contribution in [1.29, 1.82) is 0 Å². The molecule has 0 N–H and O–H groups in total. The Labute approximate surface area is 73.2 Å². The van der Waals surface area contributed by atoms with Crippen molar-refractivity contribution in [3.05, 3.63) is 54.1 Å². The quantitative estimate of drug-likeness (QED) is 0.576. The Balaban J connectivity index is 2.35. The Hall–Kier alpha value is -1.30. The van der Waals surface area contributed by atoms with Crippen LogP contribution in [0.1, 0.15) is 23.5 Å². The van der Waals surface area contributed by atoms with E-state index in [1.165, 1.54) is 11.1 Å². The molecule has 0 radical (unpaired) electrons. The minimum absolute atomic E-state index is 0.568. The fourth-order valence-corrected chi connectivity index (χ4v) is 1.71. The monoisotopic (exact) mass is 156 g/mol. The second kappa shape index (κ2) is 2.98. The molecule has 1 unspecified atom stereocenters. The first-order valence-electron chi connectivity index (χ1n) is 4.30. The van der Waals surface area contributed by atoms with E-state index in [0.29, 0.717) is 5.92 Å². The molecule has 0 heteroatoms. The molecule has 1 atom stereocenters. The van der Waals surface area contributed by atoms with E-state index < -0.39 is 0 Å². The van der Waals surface area contributed by atoms with Gasteiger partial charge in [0.05, 0.1) is 0 Å². The molecule has 0 nitrogen and oxygen atoms in total. The Bertz CT molecular complexity index is 321. The van der Waals surface area contributed by atoms with Crippen LogP contribution in [0.3, 0.4) is 0 Å². The molecule has 0 spiro atoms. The topological polar surface area (TPSA) is 0 Å².